The van der Waals surface area contributed by atoms with Gasteiger partial charge in [-0.05, 0) is 37.8 Å². The lowest BCUT2D eigenvalue weighted by Gasteiger charge is -2.37. The number of ether oxygens (including phenoxy) is 1. The number of carbonyl (C=O) groups excluding carboxylic acids is 3. The van der Waals surface area contributed by atoms with Crippen molar-refractivity contribution in [2.75, 3.05) is 52.9 Å². The minimum absolute atomic E-state index is 0.0380. The summed E-state index contributed by atoms with van der Waals surface area (Å²) in [4.78, 5) is 44.1. The Labute approximate surface area is 202 Å². The zero-order valence-electron chi connectivity index (χ0n) is 20.7. The predicted octanol–water partition coefficient (Wildman–Crippen LogP) is 2.64. The van der Waals surface area contributed by atoms with E-state index in [0.29, 0.717) is 44.0 Å². The molecule has 1 atom stereocenters. The molecule has 0 aromatic heterocycles. The zero-order chi connectivity index (χ0) is 24.7. The van der Waals surface area contributed by atoms with Crippen LogP contribution >= 0.6 is 0 Å². The van der Waals surface area contributed by atoms with Crippen LogP contribution in [0.25, 0.3) is 0 Å². The van der Waals surface area contributed by atoms with E-state index in [1.165, 1.54) is 4.90 Å². The molecule has 0 radical (unpaired) electrons. The molecule has 34 heavy (non-hydrogen) atoms. The number of nitrogens with zero attached hydrogens (tertiary/aromatic N) is 3. The molecule has 2 heterocycles. The van der Waals surface area contributed by atoms with Gasteiger partial charge in [0, 0.05) is 52.0 Å². The molecule has 1 unspecified atom stereocenters. The molecule has 2 aliphatic heterocycles. The second-order valence-corrected chi connectivity index (χ2v) is 8.73. The molecule has 3 rings (SSSR count). The van der Waals surface area contributed by atoms with Gasteiger partial charge < -0.3 is 20.3 Å². The van der Waals surface area contributed by atoms with Gasteiger partial charge in [-0.3, -0.25) is 9.80 Å². The molecular weight excluding hydrogens is 434 g/mol. The van der Waals surface area contributed by atoms with Crippen LogP contribution in [0, 0.1) is 6.92 Å². The third-order valence-corrected chi connectivity index (χ3v) is 6.35. The second kappa shape index (κ2) is 11.9. The summed E-state index contributed by atoms with van der Waals surface area (Å²) in [5, 5.41) is 5.92. The maximum absolute atomic E-state index is 13.2. The first-order chi connectivity index (χ1) is 16.4. The van der Waals surface area contributed by atoms with Crippen LogP contribution in [0.2, 0.25) is 0 Å². The van der Waals surface area contributed by atoms with E-state index in [1.807, 2.05) is 43.0 Å². The van der Waals surface area contributed by atoms with Crippen LogP contribution in [0.4, 0.5) is 9.59 Å². The molecule has 2 aliphatic rings. The van der Waals surface area contributed by atoms with E-state index in [2.05, 4.69) is 15.5 Å². The fraction of sp³-hybridized carbons (Fsp3) is 0.560. The topological polar surface area (TPSA) is 94.2 Å². The molecule has 9 heteroatoms. The molecule has 0 spiro atoms. The van der Waals surface area contributed by atoms with Gasteiger partial charge in [0.15, 0.2) is 0 Å². The van der Waals surface area contributed by atoms with Crippen molar-refractivity contribution in [3.63, 3.8) is 0 Å². The average molecular weight is 472 g/mol. The van der Waals surface area contributed by atoms with Crippen molar-refractivity contribution < 1.29 is 19.1 Å². The predicted molar refractivity (Wildman–Crippen MR) is 130 cm³/mol. The summed E-state index contributed by atoms with van der Waals surface area (Å²) in [5.74, 6) is -0.423. The van der Waals surface area contributed by atoms with Gasteiger partial charge >= 0.3 is 18.0 Å². The molecule has 1 saturated heterocycles. The molecule has 0 aliphatic carbocycles. The van der Waals surface area contributed by atoms with Crippen LogP contribution in [-0.2, 0) is 9.53 Å². The van der Waals surface area contributed by atoms with E-state index in [4.69, 9.17) is 4.74 Å². The molecule has 1 aromatic rings. The highest BCUT2D eigenvalue weighted by atomic mass is 16.5. The Morgan fingerprint density at radius 1 is 1.15 bits per heavy atom. The standard InChI is InChI=1S/C25H37N5O4/c1-5-12-26-24(32)30-14-9-13-29(15-16-30)17-20-21(23(31)34-6-2)22(27-25(33)28(20)4)19-11-8-7-10-18(19)3/h7-8,10-11,22H,5-6,9,12-17H2,1-4H3,(H,26,32)(H,27,33). The summed E-state index contributed by atoms with van der Waals surface area (Å²) >= 11 is 0. The number of rotatable bonds is 7. The number of benzene rings is 1. The summed E-state index contributed by atoms with van der Waals surface area (Å²) in [6.45, 7) is 9.80. The van der Waals surface area contributed by atoms with Gasteiger partial charge in [-0.25, -0.2) is 14.4 Å². The molecular formula is C25H37N5O4. The smallest absolute Gasteiger partial charge is 0.338 e. The Balaban J connectivity index is 1.89. The molecule has 1 fully saturated rings. The number of carbonyl (C=O) groups is 3. The van der Waals surface area contributed by atoms with Gasteiger partial charge in [-0.15, -0.1) is 0 Å². The Morgan fingerprint density at radius 3 is 2.62 bits per heavy atom. The van der Waals surface area contributed by atoms with Crippen LogP contribution in [0.1, 0.15) is 43.9 Å². The van der Waals surface area contributed by atoms with Crippen molar-refractivity contribution in [1.82, 2.24) is 25.3 Å². The number of aryl methyl sites for hydroxylation is 1. The number of nitrogens with one attached hydrogen (secondary N) is 2. The summed E-state index contributed by atoms with van der Waals surface area (Å²) in [6.07, 6.45) is 1.71. The first kappa shape index (κ1) is 25.6. The van der Waals surface area contributed by atoms with Crippen molar-refractivity contribution in [2.24, 2.45) is 0 Å². The van der Waals surface area contributed by atoms with Gasteiger partial charge in [0.1, 0.15) is 0 Å². The molecule has 0 bridgehead atoms. The fourth-order valence-corrected chi connectivity index (χ4v) is 4.43. The van der Waals surface area contributed by atoms with E-state index >= 15 is 0 Å². The minimum atomic E-state index is -0.581. The van der Waals surface area contributed by atoms with Gasteiger partial charge in [-0.2, -0.15) is 0 Å². The van der Waals surface area contributed by atoms with Gasteiger partial charge in [0.05, 0.1) is 18.2 Å². The maximum atomic E-state index is 13.2. The van der Waals surface area contributed by atoms with E-state index in [1.54, 1.807) is 14.0 Å². The second-order valence-electron chi connectivity index (χ2n) is 8.73. The Bertz CT molecular complexity index is 932. The number of urea groups is 2. The largest absolute Gasteiger partial charge is 0.463 e. The monoisotopic (exact) mass is 471 g/mol. The first-order valence-corrected chi connectivity index (χ1v) is 12.1. The van der Waals surface area contributed by atoms with Crippen molar-refractivity contribution in [3.8, 4) is 0 Å². The number of hydrogen-bond donors (Lipinski definition) is 2. The minimum Gasteiger partial charge on any atom is -0.463 e. The fourth-order valence-electron chi connectivity index (χ4n) is 4.43. The summed E-state index contributed by atoms with van der Waals surface area (Å²) < 4.78 is 5.43. The van der Waals surface area contributed by atoms with Crippen molar-refractivity contribution >= 4 is 18.0 Å². The van der Waals surface area contributed by atoms with Gasteiger partial charge in [-0.1, -0.05) is 31.2 Å². The van der Waals surface area contributed by atoms with Crippen LogP contribution in [0.15, 0.2) is 35.5 Å². The SMILES string of the molecule is CCCNC(=O)N1CCCN(CC2=C(C(=O)OCC)C(c3ccccc3C)NC(=O)N2C)CC1. The summed E-state index contributed by atoms with van der Waals surface area (Å²) in [5.41, 5.74) is 2.96. The van der Waals surface area contributed by atoms with E-state index in [-0.39, 0.29) is 18.7 Å². The number of esters is 1. The Morgan fingerprint density at radius 2 is 1.91 bits per heavy atom. The lowest BCUT2D eigenvalue weighted by Crippen LogP contribution is -2.49. The molecule has 0 saturated carbocycles. The van der Waals surface area contributed by atoms with Crippen LogP contribution in [0.5, 0.6) is 0 Å². The average Bonchev–Trinajstić information content (AvgIpc) is 3.06. The quantitative estimate of drug-likeness (QED) is 0.597. The third kappa shape index (κ3) is 5.88. The highest BCUT2D eigenvalue weighted by Gasteiger charge is 2.38. The highest BCUT2D eigenvalue weighted by Crippen LogP contribution is 2.33. The molecule has 2 N–H and O–H groups in total. The summed E-state index contributed by atoms with van der Waals surface area (Å²) in [7, 11) is 1.68. The lowest BCUT2D eigenvalue weighted by atomic mass is 9.91. The summed E-state index contributed by atoms with van der Waals surface area (Å²) in [6, 6.07) is 6.86. The van der Waals surface area contributed by atoms with E-state index in [9.17, 15) is 14.4 Å². The number of hydrogen-bond acceptors (Lipinski definition) is 5. The zero-order valence-corrected chi connectivity index (χ0v) is 20.7. The molecule has 9 nitrogen and oxygen atoms in total. The molecule has 186 valence electrons. The molecule has 1 aromatic carbocycles. The van der Waals surface area contributed by atoms with E-state index < -0.39 is 12.0 Å². The van der Waals surface area contributed by atoms with Crippen molar-refractivity contribution in [2.45, 2.75) is 39.7 Å². The van der Waals surface area contributed by atoms with E-state index in [0.717, 1.165) is 30.5 Å². The normalized spacial score (nSPS) is 19.5. The molecule has 4 amide bonds. The van der Waals surface area contributed by atoms with Crippen LogP contribution < -0.4 is 10.6 Å². The van der Waals surface area contributed by atoms with Crippen molar-refractivity contribution in [1.29, 1.82) is 0 Å². The Hall–Kier alpha value is -3.07. The number of amides is 4. The maximum Gasteiger partial charge on any atom is 0.338 e. The van der Waals surface area contributed by atoms with Gasteiger partial charge in [0.2, 0.25) is 0 Å². The lowest BCUT2D eigenvalue weighted by molar-refractivity contribution is -0.139. The third-order valence-electron chi connectivity index (χ3n) is 6.35. The highest BCUT2D eigenvalue weighted by molar-refractivity contribution is 5.95. The van der Waals surface area contributed by atoms with Gasteiger partial charge in [0.25, 0.3) is 0 Å². The van der Waals surface area contributed by atoms with Crippen LogP contribution in [0.3, 0.4) is 0 Å². The first-order valence-electron chi connectivity index (χ1n) is 12.1. The van der Waals surface area contributed by atoms with Crippen LogP contribution in [-0.4, -0.2) is 85.7 Å². The Kier molecular flexibility index (Phi) is 8.92. The number of likely N-dealkylation sites (N-methyl/N-ethyl adjacent to an activating group) is 1. The van der Waals surface area contributed by atoms with Crippen molar-refractivity contribution in [3.05, 3.63) is 46.7 Å².